The number of nitrogens with zero attached hydrogens (tertiary/aromatic N) is 1. The Kier molecular flexibility index (Phi) is 8.87. The number of carboxylic acids is 1. The topological polar surface area (TPSA) is 69.6 Å². The van der Waals surface area contributed by atoms with Crippen molar-refractivity contribution in [2.45, 2.75) is 57.5 Å². The molecular formula is C23H34N2O3. The number of aliphatic carboxylic acids is 1. The molecule has 1 spiro atoms. The van der Waals surface area contributed by atoms with E-state index in [9.17, 15) is 4.79 Å². The monoisotopic (exact) mass is 386 g/mol. The van der Waals surface area contributed by atoms with E-state index in [0.717, 1.165) is 38.1 Å². The quantitative estimate of drug-likeness (QED) is 0.749. The summed E-state index contributed by atoms with van der Waals surface area (Å²) in [4.78, 5) is 20.7. The Morgan fingerprint density at radius 3 is 2.39 bits per heavy atom. The van der Waals surface area contributed by atoms with Crippen molar-refractivity contribution < 1.29 is 14.7 Å². The van der Waals surface area contributed by atoms with Gasteiger partial charge in [0.05, 0.1) is 6.42 Å². The molecule has 3 aliphatic rings. The van der Waals surface area contributed by atoms with Gasteiger partial charge in [0.1, 0.15) is 6.79 Å². The minimum absolute atomic E-state index is 0.292. The summed E-state index contributed by atoms with van der Waals surface area (Å²) in [7, 11) is 0. The molecule has 2 N–H and O–H groups in total. The Morgan fingerprint density at radius 1 is 1.21 bits per heavy atom. The Morgan fingerprint density at radius 2 is 1.86 bits per heavy atom. The van der Waals surface area contributed by atoms with Crippen molar-refractivity contribution in [3.63, 3.8) is 0 Å². The summed E-state index contributed by atoms with van der Waals surface area (Å²) in [6.07, 6.45) is 11.1. The molecule has 0 atom stereocenters. The second kappa shape index (κ2) is 11.1. The van der Waals surface area contributed by atoms with Crippen LogP contribution in [0.5, 0.6) is 0 Å². The van der Waals surface area contributed by atoms with Crippen LogP contribution >= 0.6 is 0 Å². The molecule has 1 saturated heterocycles. The lowest BCUT2D eigenvalue weighted by atomic mass is 9.60. The molecule has 1 aromatic rings. The lowest BCUT2D eigenvalue weighted by Crippen LogP contribution is -2.66. The van der Waals surface area contributed by atoms with Crippen LogP contribution in [-0.4, -0.2) is 54.5 Å². The number of rotatable bonds is 7. The van der Waals surface area contributed by atoms with Gasteiger partial charge in [0.2, 0.25) is 0 Å². The average Bonchev–Trinajstić information content (AvgIpc) is 3.47. The minimum Gasteiger partial charge on any atom is -0.481 e. The third kappa shape index (κ3) is 7.21. The number of carbonyl (C=O) groups is 2. The molecule has 0 unspecified atom stereocenters. The van der Waals surface area contributed by atoms with Gasteiger partial charge in [-0.15, -0.1) is 0 Å². The van der Waals surface area contributed by atoms with Gasteiger partial charge in [0, 0.05) is 31.7 Å². The first-order chi connectivity index (χ1) is 13.6. The number of allylic oxidation sites excluding steroid dienone is 1. The third-order valence-corrected chi connectivity index (χ3v) is 5.51. The van der Waals surface area contributed by atoms with Crippen molar-refractivity contribution in [3.8, 4) is 0 Å². The van der Waals surface area contributed by atoms with Gasteiger partial charge >= 0.3 is 5.97 Å². The summed E-state index contributed by atoms with van der Waals surface area (Å²) in [5.41, 5.74) is 1.84. The van der Waals surface area contributed by atoms with Gasteiger partial charge in [-0.2, -0.15) is 0 Å². The lowest BCUT2D eigenvalue weighted by molar-refractivity contribution is -0.139. The molecule has 1 heterocycles. The highest BCUT2D eigenvalue weighted by Crippen LogP contribution is 2.48. The number of hydrogen-bond acceptors (Lipinski definition) is 4. The van der Waals surface area contributed by atoms with E-state index in [2.05, 4.69) is 53.6 Å². The smallest absolute Gasteiger partial charge is 0.304 e. The van der Waals surface area contributed by atoms with Crippen LogP contribution in [-0.2, 0) is 9.59 Å². The van der Waals surface area contributed by atoms with Crippen LogP contribution < -0.4 is 5.32 Å². The van der Waals surface area contributed by atoms with Gasteiger partial charge in [0.25, 0.3) is 0 Å². The van der Waals surface area contributed by atoms with E-state index in [1.54, 1.807) is 0 Å². The van der Waals surface area contributed by atoms with Crippen LogP contribution in [0.2, 0.25) is 0 Å². The number of carboxylic acid groups (broad SMARTS) is 1. The largest absolute Gasteiger partial charge is 0.481 e. The van der Waals surface area contributed by atoms with E-state index in [4.69, 9.17) is 9.90 Å². The predicted molar refractivity (Wildman–Crippen MR) is 113 cm³/mol. The Bertz CT molecular complexity index is 614. The average molecular weight is 387 g/mol. The van der Waals surface area contributed by atoms with Crippen LogP contribution in [0.25, 0.3) is 6.08 Å². The van der Waals surface area contributed by atoms with E-state index in [0.29, 0.717) is 11.8 Å². The van der Waals surface area contributed by atoms with Crippen molar-refractivity contribution in [3.05, 3.63) is 42.0 Å². The number of nitrogens with one attached hydrogen (secondary N) is 1. The highest BCUT2D eigenvalue weighted by Gasteiger charge is 2.52. The predicted octanol–water partition coefficient (Wildman–Crippen LogP) is 3.60. The summed E-state index contributed by atoms with van der Waals surface area (Å²) in [5.74, 6) is -0.678. The van der Waals surface area contributed by atoms with Crippen molar-refractivity contribution in [2.75, 3.05) is 19.6 Å². The first-order valence-corrected chi connectivity index (χ1v) is 10.3. The van der Waals surface area contributed by atoms with Gasteiger partial charge in [-0.05, 0) is 43.1 Å². The molecule has 0 bridgehead atoms. The zero-order valence-corrected chi connectivity index (χ0v) is 17.0. The summed E-state index contributed by atoms with van der Waals surface area (Å²) in [6, 6.07) is 11.9. The van der Waals surface area contributed by atoms with Crippen LogP contribution in [0.15, 0.2) is 36.4 Å². The molecule has 28 heavy (non-hydrogen) atoms. The fraction of sp³-hybridized carbons (Fsp3) is 0.565. The highest BCUT2D eigenvalue weighted by atomic mass is 16.4. The standard InChI is InChI=1S/C12H20N2O2.C10H12.CH2O/c15-11(16)3-4-14-7-12(8-14)5-10(6-12)13-9-1-2-9;1-2-3-7-10-8-5-4-6-9-10;1-2/h9-10,13H,1-8H2,(H,15,16);3-9H,2H2,1H3;1H2/b;7-3-;. The first kappa shape index (κ1) is 22.3. The molecule has 0 aromatic heterocycles. The first-order valence-electron chi connectivity index (χ1n) is 10.3. The normalized spacial score (nSPS) is 20.3. The maximum atomic E-state index is 10.4. The summed E-state index contributed by atoms with van der Waals surface area (Å²) in [6.45, 7) is 7.13. The lowest BCUT2D eigenvalue weighted by Gasteiger charge is -2.59. The molecule has 0 amide bonds. The molecule has 4 rings (SSSR count). The molecule has 2 aliphatic carbocycles. The van der Waals surface area contributed by atoms with Crippen molar-refractivity contribution in [1.29, 1.82) is 0 Å². The molecule has 154 valence electrons. The Hall–Kier alpha value is -1.98. The van der Waals surface area contributed by atoms with E-state index >= 15 is 0 Å². The van der Waals surface area contributed by atoms with Gasteiger partial charge in [-0.1, -0.05) is 49.4 Å². The van der Waals surface area contributed by atoms with Crippen molar-refractivity contribution in [1.82, 2.24) is 10.2 Å². The van der Waals surface area contributed by atoms with Gasteiger partial charge < -0.3 is 20.1 Å². The Labute approximate surface area is 168 Å². The molecule has 1 aliphatic heterocycles. The van der Waals surface area contributed by atoms with Gasteiger partial charge in [-0.25, -0.2) is 0 Å². The third-order valence-electron chi connectivity index (χ3n) is 5.51. The van der Waals surface area contributed by atoms with Crippen LogP contribution in [0.3, 0.4) is 0 Å². The van der Waals surface area contributed by atoms with Gasteiger partial charge in [-0.3, -0.25) is 4.79 Å². The zero-order chi connectivity index (χ0) is 20.4. The van der Waals surface area contributed by atoms with Crippen molar-refractivity contribution >= 4 is 18.8 Å². The summed E-state index contributed by atoms with van der Waals surface area (Å²) >= 11 is 0. The molecule has 5 heteroatoms. The van der Waals surface area contributed by atoms with E-state index in [-0.39, 0.29) is 0 Å². The summed E-state index contributed by atoms with van der Waals surface area (Å²) < 4.78 is 0. The fourth-order valence-electron chi connectivity index (χ4n) is 4.08. The zero-order valence-electron chi connectivity index (χ0n) is 17.0. The second-order valence-electron chi connectivity index (χ2n) is 8.12. The maximum Gasteiger partial charge on any atom is 0.304 e. The number of hydrogen-bond donors (Lipinski definition) is 2. The van der Waals surface area contributed by atoms with Crippen LogP contribution in [0, 0.1) is 5.41 Å². The molecular weight excluding hydrogens is 352 g/mol. The Balaban J connectivity index is 0.000000202. The molecule has 1 aromatic carbocycles. The molecule has 5 nitrogen and oxygen atoms in total. The number of benzene rings is 1. The summed E-state index contributed by atoms with van der Waals surface area (Å²) in [5, 5.41) is 12.3. The second-order valence-corrected chi connectivity index (χ2v) is 8.12. The molecule has 2 saturated carbocycles. The van der Waals surface area contributed by atoms with Crippen LogP contribution in [0.4, 0.5) is 0 Å². The van der Waals surface area contributed by atoms with Crippen molar-refractivity contribution in [2.24, 2.45) is 5.41 Å². The number of likely N-dealkylation sites (tertiary alicyclic amines) is 1. The SMILES string of the molecule is C=O.CC/C=C\c1ccccc1.O=C(O)CCN1CC2(CC(NC3CC3)C2)C1. The maximum absolute atomic E-state index is 10.4. The molecule has 0 radical (unpaired) electrons. The minimum atomic E-state index is -0.678. The number of carbonyl (C=O) groups excluding carboxylic acids is 1. The fourth-order valence-corrected chi connectivity index (χ4v) is 4.08. The highest BCUT2D eigenvalue weighted by molar-refractivity contribution is 5.66. The molecule has 3 fully saturated rings. The van der Waals surface area contributed by atoms with E-state index in [1.165, 1.54) is 31.2 Å². The van der Waals surface area contributed by atoms with Crippen LogP contribution in [0.1, 0.15) is 51.0 Å². The van der Waals surface area contributed by atoms with Gasteiger partial charge in [0.15, 0.2) is 0 Å². The van der Waals surface area contributed by atoms with E-state index in [1.807, 2.05) is 12.9 Å². The van der Waals surface area contributed by atoms with E-state index < -0.39 is 5.97 Å².